The van der Waals surface area contributed by atoms with Crippen molar-refractivity contribution >= 4 is 15.9 Å². The van der Waals surface area contributed by atoms with Crippen molar-refractivity contribution in [1.82, 2.24) is 14.8 Å². The zero-order valence-corrected chi connectivity index (χ0v) is 16.6. The van der Waals surface area contributed by atoms with Gasteiger partial charge in [0, 0.05) is 18.9 Å². The lowest BCUT2D eigenvalue weighted by atomic mass is 9.94. The summed E-state index contributed by atoms with van der Waals surface area (Å²) < 4.78 is 33.4. The topological polar surface area (TPSA) is 109 Å². The number of nitrogens with one attached hydrogen (secondary N) is 1. The Labute approximate surface area is 173 Å². The molecule has 1 aromatic heterocycles. The van der Waals surface area contributed by atoms with Gasteiger partial charge in [-0.25, -0.2) is 13.9 Å². The van der Waals surface area contributed by atoms with Crippen molar-refractivity contribution in [1.29, 1.82) is 0 Å². The molecule has 1 unspecified atom stereocenters. The number of sulfonamides is 1. The largest absolute Gasteiger partial charge is 0.457 e. The maximum absolute atomic E-state index is 13.3. The van der Waals surface area contributed by atoms with Crippen LogP contribution in [-0.2, 0) is 21.2 Å². The average molecular weight is 425 g/mol. The number of rotatable bonds is 5. The molecule has 1 atom stereocenters. The molecule has 4 rings (SSSR count). The lowest BCUT2D eigenvalue weighted by molar-refractivity contribution is -0.133. The quantitative estimate of drug-likeness (QED) is 0.481. The summed E-state index contributed by atoms with van der Waals surface area (Å²) in [4.78, 5) is 16.3. The second-order valence-corrected chi connectivity index (χ2v) is 8.59. The number of amides is 1. The Balaban J connectivity index is 1.64. The third-order valence-electron chi connectivity index (χ3n) is 4.91. The first-order chi connectivity index (χ1) is 14.5. The van der Waals surface area contributed by atoms with Gasteiger partial charge in [-0.3, -0.25) is 15.0 Å². The second kappa shape index (κ2) is 8.23. The van der Waals surface area contributed by atoms with Gasteiger partial charge in [0.1, 0.15) is 17.5 Å². The average Bonchev–Trinajstić information content (AvgIpc) is 2.79. The summed E-state index contributed by atoms with van der Waals surface area (Å²) in [7, 11) is -4.00. The van der Waals surface area contributed by atoms with E-state index in [1.165, 1.54) is 12.1 Å². The van der Waals surface area contributed by atoms with Crippen LogP contribution in [0.25, 0.3) is 0 Å². The van der Waals surface area contributed by atoms with Crippen molar-refractivity contribution in [3.05, 3.63) is 84.2 Å². The Hall–Kier alpha value is -3.27. The molecule has 0 saturated heterocycles. The Morgan fingerprint density at radius 3 is 2.40 bits per heavy atom. The highest BCUT2D eigenvalue weighted by atomic mass is 32.2. The first-order valence-electron chi connectivity index (χ1n) is 9.22. The molecule has 1 aliphatic heterocycles. The Bertz CT molecular complexity index is 1150. The second-order valence-electron chi connectivity index (χ2n) is 6.70. The molecule has 0 aliphatic carbocycles. The number of hydrogen-bond acceptors (Lipinski definition) is 6. The van der Waals surface area contributed by atoms with Crippen LogP contribution < -0.4 is 10.2 Å². The summed E-state index contributed by atoms with van der Waals surface area (Å²) in [6.45, 7) is 0.118. The van der Waals surface area contributed by atoms with E-state index >= 15 is 0 Å². The van der Waals surface area contributed by atoms with E-state index in [0.717, 1.165) is 9.87 Å². The van der Waals surface area contributed by atoms with Crippen LogP contribution in [0.3, 0.4) is 0 Å². The van der Waals surface area contributed by atoms with E-state index in [1.807, 2.05) is 12.1 Å². The predicted molar refractivity (Wildman–Crippen MR) is 107 cm³/mol. The molecule has 30 heavy (non-hydrogen) atoms. The van der Waals surface area contributed by atoms with Crippen molar-refractivity contribution in [3.8, 4) is 11.5 Å². The standard InChI is InChI=1S/C21H19N3O5S/c25-21(23-26)20-19-4-2-1-3-15(19)11-14-24(20)30(27,28)18-7-5-16(6-8-18)29-17-9-12-22-13-10-17/h1-10,12-13,20,26H,11,14H2,(H,23,25). The SMILES string of the molecule is O=C(NO)C1c2ccccc2CCN1S(=O)(=O)c1ccc(Oc2ccncc2)cc1. The van der Waals surface area contributed by atoms with Crippen LogP contribution >= 0.6 is 0 Å². The molecule has 2 aromatic carbocycles. The number of fused-ring (bicyclic) bond motifs is 1. The van der Waals surface area contributed by atoms with E-state index in [0.29, 0.717) is 23.5 Å². The fourth-order valence-electron chi connectivity index (χ4n) is 3.49. The van der Waals surface area contributed by atoms with Gasteiger partial charge >= 0.3 is 0 Å². The van der Waals surface area contributed by atoms with Crippen molar-refractivity contribution < 1.29 is 23.2 Å². The van der Waals surface area contributed by atoms with E-state index in [2.05, 4.69) is 4.98 Å². The molecule has 0 radical (unpaired) electrons. The number of carbonyl (C=O) groups excluding carboxylic acids is 1. The zero-order chi connectivity index (χ0) is 21.1. The van der Waals surface area contributed by atoms with Gasteiger partial charge in [0.2, 0.25) is 10.0 Å². The number of hydrogen-bond donors (Lipinski definition) is 2. The third-order valence-corrected chi connectivity index (χ3v) is 6.79. The monoisotopic (exact) mass is 425 g/mol. The highest BCUT2D eigenvalue weighted by Gasteiger charge is 2.40. The van der Waals surface area contributed by atoms with Crippen LogP contribution in [-0.4, -0.2) is 35.4 Å². The molecule has 9 heteroatoms. The molecule has 0 saturated carbocycles. The maximum Gasteiger partial charge on any atom is 0.266 e. The summed E-state index contributed by atoms with van der Waals surface area (Å²) in [5.41, 5.74) is 3.02. The molecule has 2 N–H and O–H groups in total. The summed E-state index contributed by atoms with van der Waals surface area (Å²) in [5, 5.41) is 9.20. The van der Waals surface area contributed by atoms with Crippen molar-refractivity contribution in [2.75, 3.05) is 6.54 Å². The maximum atomic E-state index is 13.3. The molecule has 0 bridgehead atoms. The van der Waals surface area contributed by atoms with Crippen molar-refractivity contribution in [2.45, 2.75) is 17.4 Å². The fourth-order valence-corrected chi connectivity index (χ4v) is 5.06. The number of ether oxygens (including phenoxy) is 1. The number of aromatic nitrogens is 1. The summed E-state index contributed by atoms with van der Waals surface area (Å²) in [6.07, 6.45) is 3.65. The number of pyridine rings is 1. The lowest BCUT2D eigenvalue weighted by Gasteiger charge is -2.34. The van der Waals surface area contributed by atoms with E-state index in [-0.39, 0.29) is 11.4 Å². The van der Waals surface area contributed by atoms with Gasteiger partial charge in [0.05, 0.1) is 4.90 Å². The van der Waals surface area contributed by atoms with E-state index in [9.17, 15) is 18.4 Å². The van der Waals surface area contributed by atoms with Crippen LogP contribution in [0.4, 0.5) is 0 Å². The van der Waals surface area contributed by atoms with Gasteiger partial charge in [-0.2, -0.15) is 4.31 Å². The van der Waals surface area contributed by atoms with Crippen LogP contribution in [0.2, 0.25) is 0 Å². The van der Waals surface area contributed by atoms with Crippen LogP contribution in [0.1, 0.15) is 17.2 Å². The van der Waals surface area contributed by atoms with E-state index < -0.39 is 22.0 Å². The van der Waals surface area contributed by atoms with Gasteiger partial charge < -0.3 is 4.74 Å². The highest BCUT2D eigenvalue weighted by molar-refractivity contribution is 7.89. The molecular formula is C21H19N3O5S. The van der Waals surface area contributed by atoms with Crippen LogP contribution in [0, 0.1) is 0 Å². The minimum atomic E-state index is -4.00. The number of benzene rings is 2. The highest BCUT2D eigenvalue weighted by Crippen LogP contribution is 2.35. The van der Waals surface area contributed by atoms with Crippen molar-refractivity contribution in [3.63, 3.8) is 0 Å². The molecule has 8 nitrogen and oxygen atoms in total. The molecule has 0 spiro atoms. The number of nitrogens with zero attached hydrogens (tertiary/aromatic N) is 2. The summed E-state index contributed by atoms with van der Waals surface area (Å²) >= 11 is 0. The first kappa shape index (κ1) is 20.0. The van der Waals surface area contributed by atoms with Gasteiger partial charge in [0.25, 0.3) is 5.91 Å². The molecule has 3 aromatic rings. The Morgan fingerprint density at radius 1 is 1.03 bits per heavy atom. The molecule has 154 valence electrons. The lowest BCUT2D eigenvalue weighted by Crippen LogP contribution is -2.46. The fraction of sp³-hybridized carbons (Fsp3) is 0.143. The van der Waals surface area contributed by atoms with Gasteiger partial charge in [-0.1, -0.05) is 24.3 Å². The minimum absolute atomic E-state index is 0.0275. The van der Waals surface area contributed by atoms with Gasteiger partial charge in [-0.15, -0.1) is 0 Å². The molecule has 1 aliphatic rings. The molecule has 2 heterocycles. The molecule has 1 amide bonds. The van der Waals surface area contributed by atoms with Crippen LogP contribution in [0.5, 0.6) is 11.5 Å². The van der Waals surface area contributed by atoms with E-state index in [4.69, 9.17) is 4.74 Å². The first-order valence-corrected chi connectivity index (χ1v) is 10.7. The van der Waals surface area contributed by atoms with Crippen molar-refractivity contribution in [2.24, 2.45) is 0 Å². The molecule has 0 fully saturated rings. The predicted octanol–water partition coefficient (Wildman–Crippen LogP) is 2.67. The van der Waals surface area contributed by atoms with Crippen LogP contribution in [0.15, 0.2) is 78.0 Å². The third kappa shape index (κ3) is 3.78. The Kier molecular flexibility index (Phi) is 5.49. The summed E-state index contributed by atoms with van der Waals surface area (Å²) in [6, 6.07) is 15.3. The number of carbonyl (C=O) groups is 1. The normalized spacial score (nSPS) is 16.5. The van der Waals surface area contributed by atoms with Gasteiger partial charge in [0.15, 0.2) is 0 Å². The van der Waals surface area contributed by atoms with Gasteiger partial charge in [-0.05, 0) is 53.9 Å². The molecular weight excluding hydrogens is 406 g/mol. The zero-order valence-electron chi connectivity index (χ0n) is 15.8. The smallest absolute Gasteiger partial charge is 0.266 e. The minimum Gasteiger partial charge on any atom is -0.457 e. The summed E-state index contributed by atoms with van der Waals surface area (Å²) in [5.74, 6) is 0.241. The van der Waals surface area contributed by atoms with E-state index in [1.54, 1.807) is 54.3 Å². The Morgan fingerprint density at radius 2 is 1.70 bits per heavy atom. The number of hydroxylamine groups is 1.